The van der Waals surface area contributed by atoms with Crippen molar-refractivity contribution in [3.8, 4) is 11.8 Å². The van der Waals surface area contributed by atoms with E-state index in [9.17, 15) is 4.79 Å². The molecule has 1 heterocycles. The number of rotatable bonds is 2. The van der Waals surface area contributed by atoms with Crippen LogP contribution in [0.3, 0.4) is 0 Å². The van der Waals surface area contributed by atoms with Crippen LogP contribution >= 0.6 is 11.6 Å². The molecule has 1 amide bonds. The summed E-state index contributed by atoms with van der Waals surface area (Å²) in [6.45, 7) is 1.13. The van der Waals surface area contributed by atoms with E-state index >= 15 is 0 Å². The molecule has 2 rings (SSSR count). The zero-order valence-electron chi connectivity index (χ0n) is 11.9. The Kier molecular flexibility index (Phi) is 5.63. The molecule has 0 radical (unpaired) electrons. The van der Waals surface area contributed by atoms with Gasteiger partial charge in [0.15, 0.2) is 0 Å². The van der Waals surface area contributed by atoms with Crippen molar-refractivity contribution < 1.29 is 14.6 Å². The monoisotopic (exact) mass is 307 g/mol. The molecule has 1 aliphatic rings. The second-order valence-corrected chi connectivity index (χ2v) is 5.31. The minimum absolute atomic E-state index is 0.0414. The van der Waals surface area contributed by atoms with Crippen molar-refractivity contribution in [2.45, 2.75) is 18.9 Å². The first kappa shape index (κ1) is 15.8. The molecule has 5 heteroatoms. The summed E-state index contributed by atoms with van der Waals surface area (Å²) in [5, 5.41) is 9.11. The first-order valence-electron chi connectivity index (χ1n) is 6.87. The number of carbonyl (C=O) groups is 1. The van der Waals surface area contributed by atoms with Crippen LogP contribution in [0.1, 0.15) is 28.8 Å². The predicted octanol–water partition coefficient (Wildman–Crippen LogP) is 1.93. The van der Waals surface area contributed by atoms with Crippen LogP contribution in [0.5, 0.6) is 0 Å². The average molecular weight is 308 g/mol. The summed E-state index contributed by atoms with van der Waals surface area (Å²) in [7, 11) is 1.67. The summed E-state index contributed by atoms with van der Waals surface area (Å²) in [6, 6.07) is 5.05. The Morgan fingerprint density at radius 1 is 1.57 bits per heavy atom. The maximum atomic E-state index is 12.5. The number of aliphatic hydroxyl groups is 1. The molecule has 1 atom stereocenters. The Labute approximate surface area is 129 Å². The number of likely N-dealkylation sites (tertiary alicyclic amines) is 1. The van der Waals surface area contributed by atoms with E-state index in [1.54, 1.807) is 30.2 Å². The summed E-state index contributed by atoms with van der Waals surface area (Å²) >= 11 is 6.12. The molecule has 1 aromatic rings. The van der Waals surface area contributed by atoms with Crippen molar-refractivity contribution in [1.82, 2.24) is 4.90 Å². The van der Waals surface area contributed by atoms with Gasteiger partial charge in [0.25, 0.3) is 5.91 Å². The lowest BCUT2D eigenvalue weighted by molar-refractivity contribution is 0.0269. The van der Waals surface area contributed by atoms with Gasteiger partial charge in [-0.05, 0) is 31.0 Å². The lowest BCUT2D eigenvalue weighted by Crippen LogP contribution is -2.42. The summed E-state index contributed by atoms with van der Waals surface area (Å²) < 4.78 is 5.33. The van der Waals surface area contributed by atoms with Crippen LogP contribution in [0.4, 0.5) is 0 Å². The molecule has 4 nitrogen and oxygen atoms in total. The Balaban J connectivity index is 2.14. The number of halogens is 1. The van der Waals surface area contributed by atoms with E-state index in [0.717, 1.165) is 19.4 Å². The van der Waals surface area contributed by atoms with Crippen molar-refractivity contribution in [1.29, 1.82) is 0 Å². The lowest BCUT2D eigenvalue weighted by Gasteiger charge is -2.32. The molecule has 1 saturated heterocycles. The normalized spacial score (nSPS) is 18.0. The van der Waals surface area contributed by atoms with Gasteiger partial charge in [0.2, 0.25) is 0 Å². The Morgan fingerprint density at radius 3 is 3.05 bits per heavy atom. The van der Waals surface area contributed by atoms with E-state index in [1.165, 1.54) is 0 Å². The number of ether oxygens (including phenoxy) is 1. The highest BCUT2D eigenvalue weighted by molar-refractivity contribution is 6.32. The molecule has 0 bridgehead atoms. The van der Waals surface area contributed by atoms with Gasteiger partial charge < -0.3 is 14.7 Å². The summed E-state index contributed by atoms with van der Waals surface area (Å²) in [5.41, 5.74) is 1.15. The molecular weight excluding hydrogens is 290 g/mol. The van der Waals surface area contributed by atoms with Crippen molar-refractivity contribution in [3.05, 3.63) is 34.3 Å². The highest BCUT2D eigenvalue weighted by Crippen LogP contribution is 2.20. The van der Waals surface area contributed by atoms with Crippen LogP contribution in [0.15, 0.2) is 18.2 Å². The second kappa shape index (κ2) is 7.46. The van der Waals surface area contributed by atoms with Crippen LogP contribution in [-0.4, -0.2) is 48.8 Å². The standard InChI is InChI=1S/C16H18ClNO3/c1-21-14-5-2-8-18(11-14)16(20)13-7-6-12(4-3-9-19)15(17)10-13/h6-7,10,14,19H,2,5,8-9,11H2,1H3. The van der Waals surface area contributed by atoms with Crippen LogP contribution in [-0.2, 0) is 4.74 Å². The fourth-order valence-corrected chi connectivity index (χ4v) is 2.61. The molecule has 0 spiro atoms. The van der Waals surface area contributed by atoms with Gasteiger partial charge in [0.05, 0.1) is 11.1 Å². The van der Waals surface area contributed by atoms with Crippen LogP contribution in [0, 0.1) is 11.8 Å². The van der Waals surface area contributed by atoms with Gasteiger partial charge >= 0.3 is 0 Å². The predicted molar refractivity (Wildman–Crippen MR) is 81.4 cm³/mol. The highest BCUT2D eigenvalue weighted by atomic mass is 35.5. The third-order valence-corrected chi connectivity index (χ3v) is 3.83. The Hall–Kier alpha value is -1.54. The largest absolute Gasteiger partial charge is 0.384 e. The minimum atomic E-state index is -0.219. The van der Waals surface area contributed by atoms with Crippen molar-refractivity contribution >= 4 is 17.5 Å². The molecule has 1 N–H and O–H groups in total. The fraction of sp³-hybridized carbons (Fsp3) is 0.438. The van der Waals surface area contributed by atoms with E-state index in [4.69, 9.17) is 21.4 Å². The molecule has 1 fully saturated rings. The van der Waals surface area contributed by atoms with Gasteiger partial charge in [0.1, 0.15) is 6.61 Å². The number of aliphatic hydroxyl groups excluding tert-OH is 1. The van der Waals surface area contributed by atoms with Gasteiger partial charge in [-0.2, -0.15) is 0 Å². The van der Waals surface area contributed by atoms with Gasteiger partial charge in [-0.3, -0.25) is 4.79 Å². The van der Waals surface area contributed by atoms with E-state index in [2.05, 4.69) is 11.8 Å². The molecule has 112 valence electrons. The van der Waals surface area contributed by atoms with E-state index in [0.29, 0.717) is 22.7 Å². The minimum Gasteiger partial charge on any atom is -0.384 e. The van der Waals surface area contributed by atoms with Crippen molar-refractivity contribution in [2.24, 2.45) is 0 Å². The number of piperidine rings is 1. The van der Waals surface area contributed by atoms with Gasteiger partial charge in [-0.25, -0.2) is 0 Å². The molecule has 21 heavy (non-hydrogen) atoms. The first-order valence-corrected chi connectivity index (χ1v) is 7.25. The molecule has 1 unspecified atom stereocenters. The summed E-state index contributed by atoms with van der Waals surface area (Å²) in [6.07, 6.45) is 2.03. The number of nitrogens with zero attached hydrogens (tertiary/aromatic N) is 1. The van der Waals surface area contributed by atoms with Crippen LogP contribution in [0.25, 0.3) is 0 Å². The quantitative estimate of drug-likeness (QED) is 0.850. The summed E-state index contributed by atoms with van der Waals surface area (Å²) in [4.78, 5) is 14.3. The first-order chi connectivity index (χ1) is 10.2. The van der Waals surface area contributed by atoms with E-state index < -0.39 is 0 Å². The second-order valence-electron chi connectivity index (χ2n) is 4.91. The molecule has 1 aromatic carbocycles. The number of carbonyl (C=O) groups excluding carboxylic acids is 1. The molecule has 0 aliphatic carbocycles. The Morgan fingerprint density at radius 2 is 2.38 bits per heavy atom. The number of benzene rings is 1. The molecule has 0 saturated carbocycles. The SMILES string of the molecule is COC1CCCN(C(=O)c2ccc(C#CCO)c(Cl)c2)C1. The maximum Gasteiger partial charge on any atom is 0.253 e. The number of amides is 1. The van der Waals surface area contributed by atoms with Gasteiger partial charge in [0, 0.05) is 31.3 Å². The average Bonchev–Trinajstić information content (AvgIpc) is 2.53. The maximum absolute atomic E-state index is 12.5. The Bertz CT molecular complexity index is 577. The molecule has 0 aromatic heterocycles. The third kappa shape index (κ3) is 3.98. The van der Waals surface area contributed by atoms with E-state index in [1.807, 2.05) is 0 Å². The number of hydrogen-bond acceptors (Lipinski definition) is 3. The molecular formula is C16H18ClNO3. The van der Waals surface area contributed by atoms with Crippen molar-refractivity contribution in [2.75, 3.05) is 26.8 Å². The van der Waals surface area contributed by atoms with Gasteiger partial charge in [-0.15, -0.1) is 0 Å². The zero-order chi connectivity index (χ0) is 15.2. The van der Waals surface area contributed by atoms with Crippen LogP contribution < -0.4 is 0 Å². The van der Waals surface area contributed by atoms with Crippen molar-refractivity contribution in [3.63, 3.8) is 0 Å². The summed E-state index contributed by atoms with van der Waals surface area (Å²) in [5.74, 6) is 5.25. The lowest BCUT2D eigenvalue weighted by atomic mass is 10.1. The highest BCUT2D eigenvalue weighted by Gasteiger charge is 2.24. The van der Waals surface area contributed by atoms with E-state index in [-0.39, 0.29) is 18.6 Å². The fourth-order valence-electron chi connectivity index (χ4n) is 2.38. The number of methoxy groups -OCH3 is 1. The smallest absolute Gasteiger partial charge is 0.253 e. The van der Waals surface area contributed by atoms with Crippen LogP contribution in [0.2, 0.25) is 5.02 Å². The zero-order valence-corrected chi connectivity index (χ0v) is 12.7. The van der Waals surface area contributed by atoms with Gasteiger partial charge in [-0.1, -0.05) is 23.4 Å². The molecule has 1 aliphatic heterocycles. The third-order valence-electron chi connectivity index (χ3n) is 3.52. The number of hydrogen-bond donors (Lipinski definition) is 1. The topological polar surface area (TPSA) is 49.8 Å².